The summed E-state index contributed by atoms with van der Waals surface area (Å²) in [5.41, 5.74) is 3.25. The number of thioether (sulfide) groups is 1. The number of tetrazole rings is 1. The van der Waals surface area contributed by atoms with Crippen LogP contribution in [0.3, 0.4) is 0 Å². The van der Waals surface area contributed by atoms with Crippen molar-refractivity contribution in [2.75, 3.05) is 13.1 Å². The Bertz CT molecular complexity index is 688. The molecule has 1 saturated heterocycles. The van der Waals surface area contributed by atoms with Gasteiger partial charge in [0.1, 0.15) is 0 Å². The van der Waals surface area contributed by atoms with Crippen LogP contribution in [0, 0.1) is 13.8 Å². The van der Waals surface area contributed by atoms with Gasteiger partial charge in [0.25, 0.3) is 0 Å². The fourth-order valence-corrected chi connectivity index (χ4v) is 3.78. The topological polar surface area (TPSA) is 63.9 Å². The van der Waals surface area contributed by atoms with Gasteiger partial charge >= 0.3 is 0 Å². The Morgan fingerprint density at radius 2 is 1.83 bits per heavy atom. The maximum absolute atomic E-state index is 12.5. The summed E-state index contributed by atoms with van der Waals surface area (Å²) < 4.78 is 1.71. The summed E-state index contributed by atoms with van der Waals surface area (Å²) in [6.07, 6.45) is 2.20. The van der Waals surface area contributed by atoms with Gasteiger partial charge in [-0.05, 0) is 67.3 Å². The van der Waals surface area contributed by atoms with Crippen LogP contribution in [-0.2, 0) is 4.79 Å². The van der Waals surface area contributed by atoms with Gasteiger partial charge in [0.15, 0.2) is 0 Å². The van der Waals surface area contributed by atoms with Crippen molar-refractivity contribution in [3.63, 3.8) is 0 Å². The minimum Gasteiger partial charge on any atom is -0.342 e. The summed E-state index contributed by atoms with van der Waals surface area (Å²) >= 11 is 1.41. The molecule has 0 spiro atoms. The van der Waals surface area contributed by atoms with Crippen molar-refractivity contribution in [3.8, 4) is 5.69 Å². The Labute approximate surface area is 140 Å². The Balaban J connectivity index is 1.79. The molecular formula is C16H21N5OS. The van der Waals surface area contributed by atoms with Crippen molar-refractivity contribution in [1.29, 1.82) is 0 Å². The summed E-state index contributed by atoms with van der Waals surface area (Å²) in [6, 6.07) is 6.20. The van der Waals surface area contributed by atoms with Crippen LogP contribution in [0.25, 0.3) is 5.69 Å². The van der Waals surface area contributed by atoms with E-state index >= 15 is 0 Å². The van der Waals surface area contributed by atoms with Crippen molar-refractivity contribution >= 4 is 17.7 Å². The second kappa shape index (κ2) is 6.70. The molecule has 1 aromatic heterocycles. The average molecular weight is 331 g/mol. The fourth-order valence-electron chi connectivity index (χ4n) is 2.89. The zero-order chi connectivity index (χ0) is 16.4. The number of nitrogens with zero attached hydrogens (tertiary/aromatic N) is 5. The molecule has 0 aliphatic carbocycles. The standard InChI is InChI=1S/C16H21N5OS/c1-11-8-12(2)10-14(9-11)21-16(17-18-19-21)23-13(3)15(22)20-6-4-5-7-20/h8-10,13H,4-7H2,1-3H3/t13-/m1/s1. The van der Waals surface area contributed by atoms with Crippen molar-refractivity contribution in [3.05, 3.63) is 29.3 Å². The number of aryl methyl sites for hydroxylation is 2. The van der Waals surface area contributed by atoms with Gasteiger partial charge < -0.3 is 4.90 Å². The highest BCUT2D eigenvalue weighted by atomic mass is 32.2. The normalized spacial score (nSPS) is 15.9. The lowest BCUT2D eigenvalue weighted by molar-refractivity contribution is -0.129. The van der Waals surface area contributed by atoms with E-state index in [4.69, 9.17) is 0 Å². The third kappa shape index (κ3) is 3.55. The second-order valence-corrected chi connectivity index (χ2v) is 7.32. The zero-order valence-corrected chi connectivity index (χ0v) is 14.5. The van der Waals surface area contributed by atoms with Crippen molar-refractivity contribution in [2.24, 2.45) is 0 Å². The van der Waals surface area contributed by atoms with Gasteiger partial charge in [-0.1, -0.05) is 17.8 Å². The predicted octanol–water partition coefficient (Wildman–Crippen LogP) is 2.38. The van der Waals surface area contributed by atoms with Crippen LogP contribution in [0.5, 0.6) is 0 Å². The smallest absolute Gasteiger partial charge is 0.235 e. The molecule has 23 heavy (non-hydrogen) atoms. The number of carbonyl (C=O) groups excluding carboxylic acids is 1. The lowest BCUT2D eigenvalue weighted by Gasteiger charge is -2.19. The van der Waals surface area contributed by atoms with Gasteiger partial charge in [0.2, 0.25) is 11.1 Å². The molecule has 2 aromatic rings. The summed E-state index contributed by atoms with van der Waals surface area (Å²) in [5.74, 6) is 0.169. The van der Waals surface area contributed by atoms with E-state index in [2.05, 4.69) is 21.6 Å². The van der Waals surface area contributed by atoms with Crippen LogP contribution in [0.2, 0.25) is 0 Å². The minimum atomic E-state index is -0.191. The molecule has 0 N–H and O–H groups in total. The summed E-state index contributed by atoms with van der Waals surface area (Å²) in [4.78, 5) is 14.4. The van der Waals surface area contributed by atoms with E-state index < -0.39 is 0 Å². The van der Waals surface area contributed by atoms with Crippen LogP contribution < -0.4 is 0 Å². The molecule has 0 unspecified atom stereocenters. The molecule has 1 amide bonds. The molecule has 122 valence electrons. The van der Waals surface area contributed by atoms with E-state index in [0.717, 1.165) is 42.7 Å². The summed E-state index contributed by atoms with van der Waals surface area (Å²) in [6.45, 7) is 7.75. The van der Waals surface area contributed by atoms with Crippen LogP contribution >= 0.6 is 11.8 Å². The number of hydrogen-bond acceptors (Lipinski definition) is 5. The second-order valence-electron chi connectivity index (χ2n) is 6.01. The Kier molecular flexibility index (Phi) is 4.66. The van der Waals surface area contributed by atoms with Gasteiger partial charge in [-0.3, -0.25) is 4.79 Å². The van der Waals surface area contributed by atoms with E-state index in [1.807, 2.05) is 37.8 Å². The van der Waals surface area contributed by atoms with Gasteiger partial charge in [0.05, 0.1) is 10.9 Å². The van der Waals surface area contributed by atoms with Crippen LogP contribution in [0.1, 0.15) is 30.9 Å². The maximum atomic E-state index is 12.5. The Morgan fingerprint density at radius 1 is 1.17 bits per heavy atom. The minimum absolute atomic E-state index is 0.169. The number of amides is 1. The van der Waals surface area contributed by atoms with Gasteiger partial charge in [-0.25, -0.2) is 0 Å². The predicted molar refractivity (Wildman–Crippen MR) is 89.8 cm³/mol. The number of aromatic nitrogens is 4. The number of benzene rings is 1. The van der Waals surface area contributed by atoms with E-state index in [1.165, 1.54) is 11.8 Å². The third-order valence-electron chi connectivity index (χ3n) is 3.94. The zero-order valence-electron chi connectivity index (χ0n) is 13.7. The van der Waals surface area contributed by atoms with Gasteiger partial charge in [-0.2, -0.15) is 4.68 Å². The number of hydrogen-bond donors (Lipinski definition) is 0. The summed E-state index contributed by atoms with van der Waals surface area (Å²) in [7, 11) is 0. The molecular weight excluding hydrogens is 310 g/mol. The third-order valence-corrected chi connectivity index (χ3v) is 4.96. The molecule has 1 atom stereocenters. The SMILES string of the molecule is Cc1cc(C)cc(-n2nnnc2S[C@H](C)C(=O)N2CCCC2)c1. The van der Waals surface area contributed by atoms with E-state index in [1.54, 1.807) is 4.68 Å². The maximum Gasteiger partial charge on any atom is 0.235 e. The first-order chi connectivity index (χ1) is 11.0. The van der Waals surface area contributed by atoms with Crippen LogP contribution in [0.4, 0.5) is 0 Å². The average Bonchev–Trinajstić information content (AvgIpc) is 3.16. The molecule has 1 aliphatic heterocycles. The first kappa shape index (κ1) is 16.0. The lowest BCUT2D eigenvalue weighted by atomic mass is 10.1. The quantitative estimate of drug-likeness (QED) is 0.805. The van der Waals surface area contributed by atoms with Crippen LogP contribution in [-0.4, -0.2) is 49.4 Å². The first-order valence-electron chi connectivity index (χ1n) is 7.87. The summed E-state index contributed by atoms with van der Waals surface area (Å²) in [5, 5.41) is 12.4. The largest absolute Gasteiger partial charge is 0.342 e. The Hall–Kier alpha value is -1.89. The monoisotopic (exact) mass is 331 g/mol. The highest BCUT2D eigenvalue weighted by molar-refractivity contribution is 8.00. The Morgan fingerprint density at radius 3 is 2.48 bits per heavy atom. The molecule has 0 radical (unpaired) electrons. The molecule has 1 aliphatic rings. The highest BCUT2D eigenvalue weighted by Gasteiger charge is 2.25. The van der Waals surface area contributed by atoms with Crippen LogP contribution in [0.15, 0.2) is 23.4 Å². The molecule has 0 bridgehead atoms. The van der Waals surface area contributed by atoms with E-state index in [0.29, 0.717) is 5.16 Å². The molecule has 2 heterocycles. The lowest BCUT2D eigenvalue weighted by Crippen LogP contribution is -2.34. The molecule has 3 rings (SSSR count). The first-order valence-corrected chi connectivity index (χ1v) is 8.75. The molecule has 1 aromatic carbocycles. The number of rotatable bonds is 4. The number of carbonyl (C=O) groups is 1. The molecule has 0 saturated carbocycles. The van der Waals surface area contributed by atoms with Gasteiger partial charge in [0, 0.05) is 13.1 Å². The van der Waals surface area contributed by atoms with Crippen molar-refractivity contribution in [1.82, 2.24) is 25.1 Å². The van der Waals surface area contributed by atoms with E-state index in [-0.39, 0.29) is 11.2 Å². The van der Waals surface area contributed by atoms with Crippen molar-refractivity contribution in [2.45, 2.75) is 44.0 Å². The van der Waals surface area contributed by atoms with Crippen molar-refractivity contribution < 1.29 is 4.79 Å². The highest BCUT2D eigenvalue weighted by Crippen LogP contribution is 2.25. The molecule has 1 fully saturated rings. The van der Waals surface area contributed by atoms with E-state index in [9.17, 15) is 4.79 Å². The van der Waals surface area contributed by atoms with Gasteiger partial charge in [-0.15, -0.1) is 5.10 Å². The molecule has 7 heteroatoms. The fraction of sp³-hybridized carbons (Fsp3) is 0.500. The molecule has 6 nitrogen and oxygen atoms in total. The number of likely N-dealkylation sites (tertiary alicyclic amines) is 1.